The number of aryl methyl sites for hydroxylation is 1. The molecule has 3 nitrogen and oxygen atoms in total. The summed E-state index contributed by atoms with van der Waals surface area (Å²) in [6, 6.07) is 15.9. The van der Waals surface area contributed by atoms with Gasteiger partial charge in [0.25, 0.3) is 5.82 Å². The maximum absolute atomic E-state index is 5.83. The molecule has 2 aromatic carbocycles. The maximum Gasteiger partial charge on any atom is 0.256 e. The Hall–Kier alpha value is -2.55. The highest BCUT2D eigenvalue weighted by molar-refractivity contribution is 5.48. The van der Waals surface area contributed by atoms with Gasteiger partial charge in [-0.25, -0.2) is 9.13 Å². The Labute approximate surface area is 154 Å². The van der Waals surface area contributed by atoms with Crippen molar-refractivity contribution in [2.45, 2.75) is 45.2 Å². The van der Waals surface area contributed by atoms with E-state index in [0.29, 0.717) is 6.04 Å². The number of rotatable bonds is 4. The van der Waals surface area contributed by atoms with Gasteiger partial charge in [-0.15, -0.1) is 0 Å². The summed E-state index contributed by atoms with van der Waals surface area (Å²) in [7, 11) is 0. The monoisotopic (exact) mass is 345 g/mol. The van der Waals surface area contributed by atoms with E-state index in [-0.39, 0.29) is 0 Å². The lowest BCUT2D eigenvalue weighted by Crippen LogP contribution is -2.38. The lowest BCUT2D eigenvalue weighted by atomic mass is 10.0. The van der Waals surface area contributed by atoms with Crippen molar-refractivity contribution < 1.29 is 9.30 Å². The van der Waals surface area contributed by atoms with E-state index in [1.807, 2.05) is 0 Å². The molecule has 2 heterocycles. The Morgan fingerprint density at radius 2 is 2.00 bits per heavy atom. The van der Waals surface area contributed by atoms with Crippen LogP contribution in [0.25, 0.3) is 0 Å². The summed E-state index contributed by atoms with van der Waals surface area (Å²) in [5.41, 5.74) is 5.72. The number of imidazole rings is 1. The van der Waals surface area contributed by atoms with Crippen LogP contribution in [0.4, 0.5) is 0 Å². The SMILES string of the molecule is CCc1n(C2CCc3cc4c(cc32)OCC4)cc[n+]1Cc1ccccc1. The predicted octanol–water partition coefficient (Wildman–Crippen LogP) is 3.86. The highest BCUT2D eigenvalue weighted by Crippen LogP contribution is 2.40. The van der Waals surface area contributed by atoms with Crippen LogP contribution in [0.2, 0.25) is 0 Å². The van der Waals surface area contributed by atoms with Crippen LogP contribution in [-0.4, -0.2) is 11.2 Å². The average molecular weight is 345 g/mol. The summed E-state index contributed by atoms with van der Waals surface area (Å²) < 4.78 is 10.7. The Kier molecular flexibility index (Phi) is 3.81. The van der Waals surface area contributed by atoms with Gasteiger partial charge in [-0.05, 0) is 35.6 Å². The minimum Gasteiger partial charge on any atom is -0.493 e. The molecule has 0 spiro atoms. The minimum absolute atomic E-state index is 0.437. The number of fused-ring (bicyclic) bond motifs is 2. The normalized spacial score (nSPS) is 17.8. The molecule has 1 aliphatic heterocycles. The number of nitrogens with zero attached hydrogens (tertiary/aromatic N) is 2. The van der Waals surface area contributed by atoms with E-state index in [9.17, 15) is 0 Å². The summed E-state index contributed by atoms with van der Waals surface area (Å²) >= 11 is 0. The summed E-state index contributed by atoms with van der Waals surface area (Å²) in [4.78, 5) is 0. The first-order valence-electron chi connectivity index (χ1n) is 9.75. The second-order valence-electron chi connectivity index (χ2n) is 7.40. The molecule has 0 N–H and O–H groups in total. The minimum atomic E-state index is 0.437. The van der Waals surface area contributed by atoms with Crippen LogP contribution in [0.1, 0.15) is 47.5 Å². The van der Waals surface area contributed by atoms with Gasteiger partial charge in [0.15, 0.2) is 0 Å². The molecule has 0 amide bonds. The van der Waals surface area contributed by atoms with Gasteiger partial charge in [-0.1, -0.05) is 43.3 Å². The molecule has 26 heavy (non-hydrogen) atoms. The molecule has 0 radical (unpaired) electrons. The van der Waals surface area contributed by atoms with Gasteiger partial charge in [0, 0.05) is 18.4 Å². The molecule has 3 heteroatoms. The van der Waals surface area contributed by atoms with Gasteiger partial charge in [0.2, 0.25) is 0 Å². The van der Waals surface area contributed by atoms with Gasteiger partial charge in [-0.3, -0.25) is 0 Å². The standard InChI is InChI=1S/C23H25N2O/c1-2-23-24(16-17-6-4-3-5-7-17)11-12-25(23)21-9-8-18-14-19-10-13-26-22(19)15-20(18)21/h3-7,11-12,14-15,21H,2,8-10,13,16H2,1H3/q+1. The molecule has 5 rings (SSSR count). The third-order valence-corrected chi connectivity index (χ3v) is 5.88. The van der Waals surface area contributed by atoms with E-state index >= 15 is 0 Å². The van der Waals surface area contributed by atoms with Crippen molar-refractivity contribution in [2.75, 3.05) is 6.61 Å². The van der Waals surface area contributed by atoms with Crippen molar-refractivity contribution in [3.05, 3.63) is 82.9 Å². The number of benzene rings is 2. The third-order valence-electron chi connectivity index (χ3n) is 5.88. The largest absolute Gasteiger partial charge is 0.493 e. The summed E-state index contributed by atoms with van der Waals surface area (Å²) in [6.07, 6.45) is 8.98. The second-order valence-corrected chi connectivity index (χ2v) is 7.40. The van der Waals surface area contributed by atoms with E-state index in [2.05, 4.69) is 70.9 Å². The van der Waals surface area contributed by atoms with E-state index in [1.54, 1.807) is 0 Å². The zero-order chi connectivity index (χ0) is 17.5. The maximum atomic E-state index is 5.83. The van der Waals surface area contributed by atoms with Crippen LogP contribution < -0.4 is 9.30 Å². The molecule has 1 aliphatic carbocycles. The van der Waals surface area contributed by atoms with Gasteiger partial charge in [0.05, 0.1) is 6.61 Å². The van der Waals surface area contributed by atoms with Gasteiger partial charge in [-0.2, -0.15) is 0 Å². The summed E-state index contributed by atoms with van der Waals surface area (Å²) in [5, 5.41) is 0. The van der Waals surface area contributed by atoms with Gasteiger partial charge < -0.3 is 4.74 Å². The van der Waals surface area contributed by atoms with Gasteiger partial charge in [0.1, 0.15) is 30.7 Å². The molecule has 3 aromatic rings. The average Bonchev–Trinajstić information content (AvgIpc) is 3.38. The van der Waals surface area contributed by atoms with Crippen molar-refractivity contribution in [1.29, 1.82) is 0 Å². The van der Waals surface area contributed by atoms with Crippen molar-refractivity contribution in [3.8, 4) is 5.75 Å². The first kappa shape index (κ1) is 15.7. The molecule has 1 aromatic heterocycles. The lowest BCUT2D eigenvalue weighted by molar-refractivity contribution is -0.695. The van der Waals surface area contributed by atoms with E-state index in [0.717, 1.165) is 31.7 Å². The topological polar surface area (TPSA) is 18.0 Å². The first-order valence-corrected chi connectivity index (χ1v) is 9.75. The molecule has 2 aliphatic rings. The smallest absolute Gasteiger partial charge is 0.256 e. The molecule has 0 fully saturated rings. The van der Waals surface area contributed by atoms with E-state index < -0.39 is 0 Å². The van der Waals surface area contributed by atoms with Crippen LogP contribution in [0.15, 0.2) is 54.9 Å². The van der Waals surface area contributed by atoms with E-state index in [1.165, 1.54) is 40.9 Å². The Morgan fingerprint density at radius 1 is 1.12 bits per heavy atom. The van der Waals surface area contributed by atoms with Crippen LogP contribution in [0.3, 0.4) is 0 Å². The highest BCUT2D eigenvalue weighted by atomic mass is 16.5. The fourth-order valence-electron chi connectivity index (χ4n) is 4.62. The molecule has 0 saturated heterocycles. The van der Waals surface area contributed by atoms with Gasteiger partial charge >= 0.3 is 0 Å². The number of aromatic nitrogens is 2. The quantitative estimate of drug-likeness (QED) is 0.657. The lowest BCUT2D eigenvalue weighted by Gasteiger charge is -2.12. The van der Waals surface area contributed by atoms with Crippen LogP contribution >= 0.6 is 0 Å². The number of ether oxygens (including phenoxy) is 1. The highest BCUT2D eigenvalue weighted by Gasteiger charge is 2.32. The fourth-order valence-corrected chi connectivity index (χ4v) is 4.62. The van der Waals surface area contributed by atoms with Crippen molar-refractivity contribution in [2.24, 2.45) is 0 Å². The second kappa shape index (κ2) is 6.31. The predicted molar refractivity (Wildman–Crippen MR) is 102 cm³/mol. The van der Waals surface area contributed by atoms with Crippen LogP contribution in [-0.2, 0) is 25.8 Å². The molecule has 0 saturated carbocycles. The summed E-state index contributed by atoms with van der Waals surface area (Å²) in [5.74, 6) is 2.51. The summed E-state index contributed by atoms with van der Waals surface area (Å²) in [6.45, 7) is 4.03. The first-order chi connectivity index (χ1) is 12.8. The van der Waals surface area contributed by atoms with Crippen molar-refractivity contribution in [3.63, 3.8) is 0 Å². The molecular weight excluding hydrogens is 320 g/mol. The number of hydrogen-bond acceptors (Lipinski definition) is 1. The van der Waals surface area contributed by atoms with Crippen LogP contribution in [0, 0.1) is 0 Å². The molecule has 1 unspecified atom stereocenters. The van der Waals surface area contributed by atoms with Crippen LogP contribution in [0.5, 0.6) is 5.75 Å². The fraction of sp³-hybridized carbons (Fsp3) is 0.348. The molecular formula is C23H25N2O+. The molecule has 132 valence electrons. The van der Waals surface area contributed by atoms with Crippen molar-refractivity contribution >= 4 is 0 Å². The number of hydrogen-bond donors (Lipinski definition) is 0. The van der Waals surface area contributed by atoms with E-state index in [4.69, 9.17) is 4.74 Å². The zero-order valence-electron chi connectivity index (χ0n) is 15.3. The molecule has 1 atom stereocenters. The Morgan fingerprint density at radius 3 is 2.85 bits per heavy atom. The Balaban J connectivity index is 1.51. The third kappa shape index (κ3) is 2.54. The zero-order valence-corrected chi connectivity index (χ0v) is 15.3. The Bertz CT molecular complexity index is 942. The molecule has 0 bridgehead atoms. The van der Waals surface area contributed by atoms with Crippen molar-refractivity contribution in [1.82, 2.24) is 4.57 Å².